The highest BCUT2D eigenvalue weighted by Crippen LogP contribution is 2.13. The van der Waals surface area contributed by atoms with Gasteiger partial charge in [-0.15, -0.1) is 0 Å². The van der Waals surface area contributed by atoms with Gasteiger partial charge in [-0.3, -0.25) is 5.43 Å². The van der Waals surface area contributed by atoms with Gasteiger partial charge in [-0.2, -0.15) is 13.2 Å². The molecule has 0 spiro atoms. The van der Waals surface area contributed by atoms with Crippen molar-refractivity contribution < 1.29 is 13.2 Å². The van der Waals surface area contributed by atoms with Gasteiger partial charge in [0.15, 0.2) is 0 Å². The largest absolute Gasteiger partial charge is 0.408 e. The Morgan fingerprint density at radius 1 is 1.43 bits per heavy atom. The van der Waals surface area contributed by atoms with Crippen LogP contribution in [0.15, 0.2) is 4.99 Å². The Morgan fingerprint density at radius 3 is 2.36 bits per heavy atom. The second-order valence-electron chi connectivity index (χ2n) is 3.20. The lowest BCUT2D eigenvalue weighted by molar-refractivity contribution is -0.118. The van der Waals surface area contributed by atoms with E-state index in [2.05, 4.69) is 15.7 Å². The van der Waals surface area contributed by atoms with Crippen molar-refractivity contribution in [3.8, 4) is 0 Å². The first-order valence-electron chi connectivity index (χ1n) is 4.17. The van der Waals surface area contributed by atoms with Gasteiger partial charge in [-0.25, -0.2) is 10.8 Å². The second-order valence-corrected chi connectivity index (χ2v) is 3.20. The van der Waals surface area contributed by atoms with Crippen molar-refractivity contribution in [2.75, 3.05) is 13.1 Å². The van der Waals surface area contributed by atoms with E-state index in [1.807, 2.05) is 13.8 Å². The topological polar surface area (TPSA) is 62.4 Å². The van der Waals surface area contributed by atoms with Gasteiger partial charge in [-0.05, 0) is 5.92 Å². The molecule has 0 fully saturated rings. The molecule has 0 saturated heterocycles. The zero-order chi connectivity index (χ0) is 11.2. The van der Waals surface area contributed by atoms with Gasteiger partial charge in [0.1, 0.15) is 6.54 Å². The zero-order valence-electron chi connectivity index (χ0n) is 8.15. The molecule has 0 amide bonds. The summed E-state index contributed by atoms with van der Waals surface area (Å²) in [7, 11) is 0. The maximum absolute atomic E-state index is 11.7. The van der Waals surface area contributed by atoms with E-state index < -0.39 is 12.7 Å². The number of hydrogen-bond donors (Lipinski definition) is 3. The molecule has 0 aliphatic carbocycles. The fraction of sp³-hybridized carbons (Fsp3) is 0.857. The SMILES string of the molecule is CC(C)CNC(=NCC(F)(F)F)NN. The molecule has 0 aromatic rings. The average molecular weight is 212 g/mol. The van der Waals surface area contributed by atoms with Crippen molar-refractivity contribution in [2.45, 2.75) is 20.0 Å². The van der Waals surface area contributed by atoms with Crippen molar-refractivity contribution in [3.05, 3.63) is 0 Å². The molecule has 0 aliphatic heterocycles. The Kier molecular flexibility index (Phi) is 5.29. The van der Waals surface area contributed by atoms with Crippen LogP contribution in [-0.2, 0) is 0 Å². The summed E-state index contributed by atoms with van der Waals surface area (Å²) in [6.45, 7) is 3.12. The highest BCUT2D eigenvalue weighted by atomic mass is 19.4. The van der Waals surface area contributed by atoms with E-state index in [9.17, 15) is 13.2 Å². The number of alkyl halides is 3. The van der Waals surface area contributed by atoms with Crippen molar-refractivity contribution in [3.63, 3.8) is 0 Å². The molecule has 0 aliphatic rings. The number of rotatable bonds is 3. The Hall–Kier alpha value is -0.980. The highest BCUT2D eigenvalue weighted by Gasteiger charge is 2.26. The lowest BCUT2D eigenvalue weighted by Crippen LogP contribution is -2.43. The summed E-state index contributed by atoms with van der Waals surface area (Å²) in [4.78, 5) is 3.23. The quantitative estimate of drug-likeness (QED) is 0.278. The standard InChI is InChI=1S/C7H15F3N4/c1-5(2)3-12-6(14-11)13-4-7(8,9)10/h5H,3-4,11H2,1-2H3,(H2,12,13,14). The van der Waals surface area contributed by atoms with Gasteiger partial charge in [-0.1, -0.05) is 13.8 Å². The minimum atomic E-state index is -4.30. The summed E-state index contributed by atoms with van der Waals surface area (Å²) in [5.41, 5.74) is 2.07. The average Bonchev–Trinajstić information content (AvgIpc) is 2.02. The molecule has 84 valence electrons. The van der Waals surface area contributed by atoms with Gasteiger partial charge >= 0.3 is 6.18 Å². The number of nitrogens with one attached hydrogen (secondary N) is 2. The predicted octanol–water partition coefficient (Wildman–Crippen LogP) is 0.614. The van der Waals surface area contributed by atoms with E-state index in [0.29, 0.717) is 12.5 Å². The predicted molar refractivity (Wildman–Crippen MR) is 48.5 cm³/mol. The first-order chi connectivity index (χ1) is 6.35. The molecular formula is C7H15F3N4. The molecule has 0 aromatic carbocycles. The Balaban J connectivity index is 4.00. The normalized spacial score (nSPS) is 13.2. The van der Waals surface area contributed by atoms with E-state index in [1.165, 1.54) is 0 Å². The third kappa shape index (κ3) is 7.66. The van der Waals surface area contributed by atoms with Crippen LogP contribution in [0.1, 0.15) is 13.8 Å². The number of guanidine groups is 1. The van der Waals surface area contributed by atoms with E-state index in [0.717, 1.165) is 0 Å². The Labute approximate surface area is 80.7 Å². The maximum Gasteiger partial charge on any atom is 0.408 e. The summed E-state index contributed by atoms with van der Waals surface area (Å²) in [6.07, 6.45) is -4.30. The summed E-state index contributed by atoms with van der Waals surface area (Å²) in [5, 5.41) is 2.66. The van der Waals surface area contributed by atoms with Crippen LogP contribution < -0.4 is 16.6 Å². The van der Waals surface area contributed by atoms with Crippen molar-refractivity contribution in [1.29, 1.82) is 0 Å². The lowest BCUT2D eigenvalue weighted by Gasteiger charge is -2.11. The number of nitrogens with two attached hydrogens (primary N) is 1. The summed E-state index contributed by atoms with van der Waals surface area (Å²) >= 11 is 0. The van der Waals surface area contributed by atoms with E-state index >= 15 is 0 Å². The summed E-state index contributed by atoms with van der Waals surface area (Å²) in [6, 6.07) is 0. The highest BCUT2D eigenvalue weighted by molar-refractivity contribution is 5.79. The first kappa shape index (κ1) is 13.0. The molecule has 0 heterocycles. The first-order valence-corrected chi connectivity index (χ1v) is 4.17. The molecule has 0 radical (unpaired) electrons. The van der Waals surface area contributed by atoms with Crippen molar-refractivity contribution in [1.82, 2.24) is 10.7 Å². The molecule has 0 saturated carbocycles. The number of halogens is 3. The van der Waals surface area contributed by atoms with E-state index in [1.54, 1.807) is 0 Å². The molecule has 0 rings (SSSR count). The van der Waals surface area contributed by atoms with Crippen LogP contribution >= 0.6 is 0 Å². The second kappa shape index (κ2) is 5.69. The van der Waals surface area contributed by atoms with Crippen molar-refractivity contribution >= 4 is 5.96 Å². The van der Waals surface area contributed by atoms with E-state index in [-0.39, 0.29) is 5.96 Å². The number of hydrogen-bond acceptors (Lipinski definition) is 2. The molecule has 4 nitrogen and oxygen atoms in total. The number of hydrazine groups is 1. The third-order valence-corrected chi connectivity index (χ3v) is 1.23. The Morgan fingerprint density at radius 2 is 2.00 bits per heavy atom. The molecular weight excluding hydrogens is 197 g/mol. The maximum atomic E-state index is 11.7. The minimum Gasteiger partial charge on any atom is -0.355 e. The molecule has 4 N–H and O–H groups in total. The Bertz CT molecular complexity index is 188. The van der Waals surface area contributed by atoms with Gasteiger partial charge in [0.05, 0.1) is 0 Å². The fourth-order valence-corrected chi connectivity index (χ4v) is 0.622. The zero-order valence-corrected chi connectivity index (χ0v) is 8.15. The molecule has 7 heteroatoms. The molecule has 0 aromatic heterocycles. The monoisotopic (exact) mass is 212 g/mol. The molecule has 0 atom stereocenters. The van der Waals surface area contributed by atoms with Crippen LogP contribution in [0.2, 0.25) is 0 Å². The molecule has 0 bridgehead atoms. The van der Waals surface area contributed by atoms with Crippen LogP contribution in [-0.4, -0.2) is 25.2 Å². The van der Waals surface area contributed by atoms with E-state index in [4.69, 9.17) is 5.84 Å². The van der Waals surface area contributed by atoms with Crippen LogP contribution in [0, 0.1) is 5.92 Å². The summed E-state index contributed by atoms with van der Waals surface area (Å²) < 4.78 is 35.2. The van der Waals surface area contributed by atoms with Crippen LogP contribution in [0.5, 0.6) is 0 Å². The van der Waals surface area contributed by atoms with Gasteiger partial charge in [0, 0.05) is 6.54 Å². The van der Waals surface area contributed by atoms with Crippen LogP contribution in [0.25, 0.3) is 0 Å². The van der Waals surface area contributed by atoms with Crippen LogP contribution in [0.3, 0.4) is 0 Å². The third-order valence-electron chi connectivity index (χ3n) is 1.23. The van der Waals surface area contributed by atoms with Gasteiger partial charge < -0.3 is 5.32 Å². The number of aliphatic imine (C=N–C) groups is 1. The van der Waals surface area contributed by atoms with Gasteiger partial charge in [0.2, 0.25) is 5.96 Å². The van der Waals surface area contributed by atoms with Gasteiger partial charge in [0.25, 0.3) is 0 Å². The smallest absolute Gasteiger partial charge is 0.355 e. The summed E-state index contributed by atoms with van der Waals surface area (Å²) in [5.74, 6) is 5.24. The van der Waals surface area contributed by atoms with Crippen LogP contribution in [0.4, 0.5) is 13.2 Å². The number of nitrogens with zero attached hydrogens (tertiary/aromatic N) is 1. The molecule has 14 heavy (non-hydrogen) atoms. The van der Waals surface area contributed by atoms with Crippen molar-refractivity contribution in [2.24, 2.45) is 16.8 Å². The molecule has 0 unspecified atom stereocenters. The minimum absolute atomic E-state index is 0.0453. The lowest BCUT2D eigenvalue weighted by atomic mass is 10.2. The fourth-order valence-electron chi connectivity index (χ4n) is 0.622.